The van der Waals surface area contributed by atoms with Crippen LogP contribution in [0.25, 0.3) is 0 Å². The van der Waals surface area contributed by atoms with E-state index in [0.29, 0.717) is 59.9 Å². The van der Waals surface area contributed by atoms with Gasteiger partial charge in [-0.3, -0.25) is 9.59 Å². The highest BCUT2D eigenvalue weighted by Crippen LogP contribution is 2.28. The van der Waals surface area contributed by atoms with E-state index in [-0.39, 0.29) is 11.8 Å². The lowest BCUT2D eigenvalue weighted by Gasteiger charge is -2.23. The lowest BCUT2D eigenvalue weighted by atomic mass is 10.1. The molecule has 0 radical (unpaired) electrons. The van der Waals surface area contributed by atoms with Crippen molar-refractivity contribution in [2.24, 2.45) is 5.73 Å². The molecule has 8 nitrogen and oxygen atoms in total. The maximum atomic E-state index is 13.3. The maximum Gasteiger partial charge on any atom is 0.255 e. The average molecular weight is 473 g/mol. The Morgan fingerprint density at radius 1 is 0.971 bits per heavy atom. The summed E-state index contributed by atoms with van der Waals surface area (Å²) in [6.45, 7) is 1.27. The van der Waals surface area contributed by atoms with Crippen LogP contribution in [0.15, 0.2) is 66.7 Å². The van der Waals surface area contributed by atoms with Gasteiger partial charge in [0.05, 0.1) is 25.9 Å². The molecule has 0 aliphatic rings. The minimum absolute atomic E-state index is 0.161. The van der Waals surface area contributed by atoms with Gasteiger partial charge in [0.25, 0.3) is 11.8 Å². The van der Waals surface area contributed by atoms with E-state index in [1.54, 1.807) is 60.5 Å². The predicted octanol–water partition coefficient (Wildman–Crippen LogP) is 3.82. The Balaban J connectivity index is 1.77. The van der Waals surface area contributed by atoms with Crippen LogP contribution >= 0.6 is 0 Å². The van der Waals surface area contributed by atoms with Gasteiger partial charge in [0.1, 0.15) is 0 Å². The van der Waals surface area contributed by atoms with Gasteiger partial charge in [0.15, 0.2) is 11.5 Å². The number of hydrogen-bond donors (Lipinski definition) is 2. The first kappa shape index (κ1) is 25.3. The van der Waals surface area contributed by atoms with Crippen LogP contribution in [-0.4, -0.2) is 44.0 Å². The van der Waals surface area contributed by atoms with Crippen molar-refractivity contribution in [3.8, 4) is 17.6 Å². The fourth-order valence-corrected chi connectivity index (χ4v) is 3.55. The summed E-state index contributed by atoms with van der Waals surface area (Å²) in [5, 5.41) is 11.8. The molecule has 180 valence electrons. The molecule has 0 spiro atoms. The summed E-state index contributed by atoms with van der Waals surface area (Å²) in [6.07, 6.45) is 0.647. The van der Waals surface area contributed by atoms with Crippen molar-refractivity contribution in [3.63, 3.8) is 0 Å². The van der Waals surface area contributed by atoms with E-state index in [4.69, 9.17) is 20.5 Å². The predicted molar refractivity (Wildman–Crippen MR) is 134 cm³/mol. The van der Waals surface area contributed by atoms with Gasteiger partial charge in [0, 0.05) is 29.9 Å². The summed E-state index contributed by atoms with van der Waals surface area (Å²) in [5.74, 6) is 0.576. The number of methoxy groups -OCH3 is 2. The molecule has 0 atom stereocenters. The molecule has 0 aromatic heterocycles. The van der Waals surface area contributed by atoms with E-state index in [1.807, 2.05) is 24.3 Å². The smallest absolute Gasteiger partial charge is 0.255 e. The number of nitriles is 1. The Bertz CT molecular complexity index is 1220. The molecule has 3 rings (SSSR count). The van der Waals surface area contributed by atoms with Crippen molar-refractivity contribution in [1.29, 1.82) is 5.26 Å². The Kier molecular flexibility index (Phi) is 8.82. The van der Waals surface area contributed by atoms with Gasteiger partial charge < -0.3 is 25.4 Å². The van der Waals surface area contributed by atoms with Gasteiger partial charge in [-0.25, -0.2) is 0 Å². The van der Waals surface area contributed by atoms with Crippen LogP contribution in [0.3, 0.4) is 0 Å². The van der Waals surface area contributed by atoms with E-state index in [9.17, 15) is 9.59 Å². The monoisotopic (exact) mass is 472 g/mol. The summed E-state index contributed by atoms with van der Waals surface area (Å²) in [6, 6.07) is 20.8. The van der Waals surface area contributed by atoms with Crippen LogP contribution in [0.4, 0.5) is 5.69 Å². The largest absolute Gasteiger partial charge is 0.493 e. The third-order valence-electron chi connectivity index (χ3n) is 5.38. The average Bonchev–Trinajstić information content (AvgIpc) is 2.90. The highest BCUT2D eigenvalue weighted by atomic mass is 16.5. The zero-order valence-electron chi connectivity index (χ0n) is 19.8. The second-order valence-electron chi connectivity index (χ2n) is 7.78. The van der Waals surface area contributed by atoms with E-state index < -0.39 is 0 Å². The zero-order valence-corrected chi connectivity index (χ0v) is 19.8. The van der Waals surface area contributed by atoms with Crippen LogP contribution in [0.5, 0.6) is 11.5 Å². The Morgan fingerprint density at radius 3 is 2.34 bits per heavy atom. The molecule has 8 heteroatoms. The zero-order chi connectivity index (χ0) is 25.2. The molecule has 0 aliphatic heterocycles. The molecule has 0 bridgehead atoms. The molecule has 3 N–H and O–H groups in total. The first-order chi connectivity index (χ1) is 17.0. The van der Waals surface area contributed by atoms with E-state index in [2.05, 4.69) is 5.32 Å². The van der Waals surface area contributed by atoms with Crippen molar-refractivity contribution in [1.82, 2.24) is 4.90 Å². The Labute approximate surface area is 204 Å². The van der Waals surface area contributed by atoms with Crippen LogP contribution < -0.4 is 20.5 Å². The number of carbonyl (C=O) groups is 2. The second-order valence-corrected chi connectivity index (χ2v) is 7.78. The number of rotatable bonds is 10. The molecular formula is C27H28N4O4. The number of nitrogens with one attached hydrogen (secondary N) is 1. The number of nitrogens with two attached hydrogens (primary N) is 1. The quantitative estimate of drug-likeness (QED) is 0.463. The van der Waals surface area contributed by atoms with Gasteiger partial charge in [-0.2, -0.15) is 5.26 Å². The number of ether oxygens (including phenoxy) is 2. The molecule has 0 aliphatic carbocycles. The molecule has 35 heavy (non-hydrogen) atoms. The lowest BCUT2D eigenvalue weighted by molar-refractivity contribution is 0.0741. The number of benzene rings is 3. The minimum Gasteiger partial charge on any atom is -0.493 e. The van der Waals surface area contributed by atoms with Crippen LogP contribution in [-0.2, 0) is 6.54 Å². The van der Waals surface area contributed by atoms with Gasteiger partial charge >= 0.3 is 0 Å². The summed E-state index contributed by atoms with van der Waals surface area (Å²) >= 11 is 0. The number of amides is 2. The SMILES string of the molecule is COc1ccc(C(=O)N(CCCN)Cc2cccc(NC(=O)c3ccc(C#N)cc3)c2)cc1OC. The topological polar surface area (TPSA) is 118 Å². The molecule has 2 amide bonds. The van der Waals surface area contributed by atoms with Crippen molar-refractivity contribution < 1.29 is 19.1 Å². The molecule has 0 unspecified atom stereocenters. The van der Waals surface area contributed by atoms with Gasteiger partial charge in [-0.15, -0.1) is 0 Å². The van der Waals surface area contributed by atoms with Gasteiger partial charge in [0.2, 0.25) is 0 Å². The molecular weight excluding hydrogens is 444 g/mol. The fourth-order valence-electron chi connectivity index (χ4n) is 3.55. The number of carbonyl (C=O) groups excluding carboxylic acids is 2. The third kappa shape index (κ3) is 6.59. The first-order valence-corrected chi connectivity index (χ1v) is 11.1. The number of hydrogen-bond acceptors (Lipinski definition) is 6. The summed E-state index contributed by atoms with van der Waals surface area (Å²) in [5.41, 5.74) is 8.58. The van der Waals surface area contributed by atoms with Crippen molar-refractivity contribution in [2.75, 3.05) is 32.6 Å². The van der Waals surface area contributed by atoms with Crippen LogP contribution in [0.2, 0.25) is 0 Å². The first-order valence-electron chi connectivity index (χ1n) is 11.1. The normalized spacial score (nSPS) is 10.2. The molecule has 0 saturated heterocycles. The van der Waals surface area contributed by atoms with E-state index in [1.165, 1.54) is 7.11 Å². The van der Waals surface area contributed by atoms with E-state index in [0.717, 1.165) is 5.56 Å². The number of anilines is 1. The van der Waals surface area contributed by atoms with Gasteiger partial charge in [-0.1, -0.05) is 12.1 Å². The fraction of sp³-hybridized carbons (Fsp3) is 0.222. The Hall–Kier alpha value is -4.35. The molecule has 3 aromatic rings. The summed E-state index contributed by atoms with van der Waals surface area (Å²) in [7, 11) is 3.07. The van der Waals surface area contributed by atoms with Crippen LogP contribution in [0, 0.1) is 11.3 Å². The third-order valence-corrected chi connectivity index (χ3v) is 5.38. The molecule has 0 fully saturated rings. The standard InChI is InChI=1S/C27H28N4O4/c1-34-24-12-11-22(16-25(24)35-2)27(33)31(14-4-13-28)18-20-5-3-6-23(15-20)30-26(32)21-9-7-19(17-29)8-10-21/h3,5-12,15-16H,4,13-14,18,28H2,1-2H3,(H,30,32). The minimum atomic E-state index is -0.284. The van der Waals surface area contributed by atoms with Crippen molar-refractivity contribution in [2.45, 2.75) is 13.0 Å². The highest BCUT2D eigenvalue weighted by molar-refractivity contribution is 6.04. The maximum absolute atomic E-state index is 13.3. The lowest BCUT2D eigenvalue weighted by Crippen LogP contribution is -2.32. The van der Waals surface area contributed by atoms with E-state index >= 15 is 0 Å². The Morgan fingerprint density at radius 2 is 1.69 bits per heavy atom. The van der Waals surface area contributed by atoms with Crippen molar-refractivity contribution >= 4 is 17.5 Å². The second kappa shape index (κ2) is 12.2. The van der Waals surface area contributed by atoms with Crippen molar-refractivity contribution in [3.05, 3.63) is 89.0 Å². The summed E-state index contributed by atoms with van der Waals surface area (Å²) < 4.78 is 10.6. The molecule has 3 aromatic carbocycles. The van der Waals surface area contributed by atoms with Crippen LogP contribution in [0.1, 0.15) is 38.3 Å². The number of nitrogens with zero attached hydrogens (tertiary/aromatic N) is 2. The summed E-state index contributed by atoms with van der Waals surface area (Å²) in [4.78, 5) is 27.6. The van der Waals surface area contributed by atoms with Gasteiger partial charge in [-0.05, 0) is 73.1 Å². The highest BCUT2D eigenvalue weighted by Gasteiger charge is 2.18. The molecule has 0 saturated carbocycles. The molecule has 0 heterocycles.